The lowest BCUT2D eigenvalue weighted by molar-refractivity contribution is 0.631. The largest absolute Gasteiger partial charge is 0.354 e. The number of aromatic amines is 1. The zero-order valence-electron chi connectivity index (χ0n) is 16.9. The van der Waals surface area contributed by atoms with E-state index >= 15 is 0 Å². The molecule has 0 aliphatic heterocycles. The van der Waals surface area contributed by atoms with Gasteiger partial charge >= 0.3 is 0 Å². The van der Waals surface area contributed by atoms with Crippen molar-refractivity contribution < 1.29 is 4.39 Å². The number of nitrogens with one attached hydrogen (secondary N) is 1. The molecule has 7 heteroatoms. The lowest BCUT2D eigenvalue weighted by Gasteiger charge is -2.05. The number of aromatic nitrogens is 4. The molecule has 0 saturated heterocycles. The Kier molecular flexibility index (Phi) is 5.04. The Bertz CT molecular complexity index is 1370. The summed E-state index contributed by atoms with van der Waals surface area (Å²) in [6, 6.07) is 12.7. The van der Waals surface area contributed by atoms with Crippen LogP contribution in [0, 0.1) is 5.82 Å². The fourth-order valence-corrected chi connectivity index (χ4v) is 4.93. The van der Waals surface area contributed by atoms with Crippen LogP contribution in [0.15, 0.2) is 61.1 Å². The number of hydrogen-bond donors (Lipinski definition) is 1. The first-order valence-electron chi connectivity index (χ1n) is 9.86. The van der Waals surface area contributed by atoms with Crippen LogP contribution < -0.4 is 0 Å². The van der Waals surface area contributed by atoms with E-state index in [2.05, 4.69) is 34.9 Å². The second-order valence-electron chi connectivity index (χ2n) is 7.56. The molecule has 3 heterocycles. The van der Waals surface area contributed by atoms with Crippen LogP contribution in [0.1, 0.15) is 24.6 Å². The van der Waals surface area contributed by atoms with Crippen molar-refractivity contribution >= 4 is 33.8 Å². The molecule has 1 N–H and O–H groups in total. The molecule has 3 aromatic heterocycles. The van der Waals surface area contributed by atoms with Gasteiger partial charge < -0.3 is 4.98 Å². The Labute approximate surface area is 187 Å². The molecule has 0 aliphatic carbocycles. The van der Waals surface area contributed by atoms with Crippen molar-refractivity contribution in [2.45, 2.75) is 19.8 Å². The first-order chi connectivity index (χ1) is 15.0. The summed E-state index contributed by atoms with van der Waals surface area (Å²) >= 11 is 7.89. The van der Waals surface area contributed by atoms with E-state index in [1.165, 1.54) is 10.9 Å². The highest BCUT2D eigenvalue weighted by Gasteiger charge is 2.19. The SMILES string of the molecule is CC(C)c1sc(-c2cnccn2)nc1-c1ccc2[nH]c(-c3c(F)cccc3Cl)cc2c1. The number of rotatable bonds is 4. The van der Waals surface area contributed by atoms with Gasteiger partial charge in [0, 0.05) is 33.7 Å². The van der Waals surface area contributed by atoms with Gasteiger partial charge in [-0.05, 0) is 36.2 Å². The van der Waals surface area contributed by atoms with Gasteiger partial charge in [0.25, 0.3) is 0 Å². The molecule has 2 aromatic carbocycles. The number of H-pyrrole nitrogens is 1. The fourth-order valence-electron chi connectivity index (χ4n) is 3.62. The predicted octanol–water partition coefficient (Wildman–Crippen LogP) is 7.33. The van der Waals surface area contributed by atoms with Crippen molar-refractivity contribution in [1.82, 2.24) is 19.9 Å². The number of benzene rings is 2. The van der Waals surface area contributed by atoms with Gasteiger partial charge in [-0.2, -0.15) is 0 Å². The minimum absolute atomic E-state index is 0.313. The molecule has 0 amide bonds. The van der Waals surface area contributed by atoms with Gasteiger partial charge in [-0.15, -0.1) is 11.3 Å². The number of fused-ring (bicyclic) bond motifs is 1. The zero-order valence-corrected chi connectivity index (χ0v) is 18.4. The summed E-state index contributed by atoms with van der Waals surface area (Å²) < 4.78 is 14.4. The first-order valence-corrected chi connectivity index (χ1v) is 11.1. The van der Waals surface area contributed by atoms with E-state index in [4.69, 9.17) is 16.6 Å². The summed E-state index contributed by atoms with van der Waals surface area (Å²) in [5.41, 5.74) is 4.65. The van der Waals surface area contributed by atoms with Crippen LogP contribution in [-0.4, -0.2) is 19.9 Å². The molecule has 0 unspecified atom stereocenters. The molecule has 0 bridgehead atoms. The van der Waals surface area contributed by atoms with Crippen LogP contribution >= 0.6 is 22.9 Å². The maximum Gasteiger partial charge on any atom is 0.144 e. The van der Waals surface area contributed by atoms with E-state index in [9.17, 15) is 4.39 Å². The quantitative estimate of drug-likeness (QED) is 0.313. The second kappa shape index (κ2) is 7.87. The minimum Gasteiger partial charge on any atom is -0.354 e. The predicted molar refractivity (Wildman–Crippen MR) is 125 cm³/mol. The molecule has 0 aliphatic rings. The highest BCUT2D eigenvalue weighted by Crippen LogP contribution is 2.39. The van der Waals surface area contributed by atoms with E-state index in [0.29, 0.717) is 22.2 Å². The Morgan fingerprint density at radius 3 is 2.71 bits per heavy atom. The normalized spacial score (nSPS) is 11.5. The Morgan fingerprint density at radius 2 is 1.97 bits per heavy atom. The molecule has 154 valence electrons. The summed E-state index contributed by atoms with van der Waals surface area (Å²) in [4.78, 5) is 17.9. The van der Waals surface area contributed by atoms with Crippen molar-refractivity contribution in [3.05, 3.63) is 76.8 Å². The van der Waals surface area contributed by atoms with Crippen LogP contribution in [0.4, 0.5) is 4.39 Å². The maximum atomic E-state index is 14.4. The monoisotopic (exact) mass is 448 g/mol. The fraction of sp³-hybridized carbons (Fsp3) is 0.125. The Balaban J connectivity index is 1.62. The van der Waals surface area contributed by atoms with Gasteiger partial charge in [0.2, 0.25) is 0 Å². The van der Waals surface area contributed by atoms with Crippen LogP contribution in [0.25, 0.3) is 44.1 Å². The molecule has 0 fully saturated rings. The van der Waals surface area contributed by atoms with Gasteiger partial charge in [-0.25, -0.2) is 9.37 Å². The Morgan fingerprint density at radius 1 is 1.10 bits per heavy atom. The minimum atomic E-state index is -0.352. The smallest absolute Gasteiger partial charge is 0.144 e. The van der Waals surface area contributed by atoms with Crippen LogP contribution in [0.3, 0.4) is 0 Å². The molecule has 31 heavy (non-hydrogen) atoms. The lowest BCUT2D eigenvalue weighted by Crippen LogP contribution is -1.88. The molecule has 0 radical (unpaired) electrons. The number of nitrogens with zero attached hydrogens (tertiary/aromatic N) is 3. The highest BCUT2D eigenvalue weighted by atomic mass is 35.5. The van der Waals surface area contributed by atoms with Crippen molar-refractivity contribution in [1.29, 1.82) is 0 Å². The number of thiazole rings is 1. The molecule has 0 saturated carbocycles. The summed E-state index contributed by atoms with van der Waals surface area (Å²) in [7, 11) is 0. The van der Waals surface area contributed by atoms with E-state index in [1.807, 2.05) is 18.2 Å². The number of halogens is 2. The van der Waals surface area contributed by atoms with Crippen molar-refractivity contribution in [2.24, 2.45) is 0 Å². The van der Waals surface area contributed by atoms with E-state index in [0.717, 1.165) is 32.9 Å². The van der Waals surface area contributed by atoms with Gasteiger partial charge in [-0.3, -0.25) is 9.97 Å². The summed E-state index contributed by atoms with van der Waals surface area (Å²) in [6.07, 6.45) is 5.06. The van der Waals surface area contributed by atoms with Gasteiger partial charge in [0.05, 0.1) is 28.2 Å². The summed E-state index contributed by atoms with van der Waals surface area (Å²) in [5, 5.41) is 2.19. The third kappa shape index (κ3) is 3.62. The van der Waals surface area contributed by atoms with Crippen LogP contribution in [-0.2, 0) is 0 Å². The van der Waals surface area contributed by atoms with E-state index in [-0.39, 0.29) is 5.82 Å². The van der Waals surface area contributed by atoms with E-state index in [1.54, 1.807) is 42.1 Å². The van der Waals surface area contributed by atoms with Crippen LogP contribution in [0.2, 0.25) is 5.02 Å². The van der Waals surface area contributed by atoms with E-state index < -0.39 is 0 Å². The van der Waals surface area contributed by atoms with Crippen molar-refractivity contribution in [2.75, 3.05) is 0 Å². The van der Waals surface area contributed by atoms with Gasteiger partial charge in [-0.1, -0.05) is 37.6 Å². The zero-order chi connectivity index (χ0) is 21.5. The number of hydrogen-bond acceptors (Lipinski definition) is 4. The molecular weight excluding hydrogens is 431 g/mol. The lowest BCUT2D eigenvalue weighted by atomic mass is 10.0. The third-order valence-corrected chi connectivity index (χ3v) is 6.78. The average molecular weight is 449 g/mol. The molecule has 4 nitrogen and oxygen atoms in total. The summed E-state index contributed by atoms with van der Waals surface area (Å²) in [5.74, 6) is -0.0397. The topological polar surface area (TPSA) is 54.5 Å². The van der Waals surface area contributed by atoms with Crippen molar-refractivity contribution in [3.63, 3.8) is 0 Å². The molecule has 0 spiro atoms. The van der Waals surface area contributed by atoms with Gasteiger partial charge in [0.15, 0.2) is 0 Å². The standard InChI is InChI=1S/C24H18ClFN4S/c1-13(2)23-22(30-24(31-23)20-12-27-8-9-28-20)14-6-7-18-15(10-14)11-19(29-18)21-16(25)4-3-5-17(21)26/h3-13,29H,1-2H3. The molecular formula is C24H18ClFN4S. The first kappa shape index (κ1) is 19.8. The highest BCUT2D eigenvalue weighted by molar-refractivity contribution is 7.15. The van der Waals surface area contributed by atoms with Crippen LogP contribution in [0.5, 0.6) is 0 Å². The average Bonchev–Trinajstić information content (AvgIpc) is 3.38. The molecule has 5 aromatic rings. The van der Waals surface area contributed by atoms with Crippen molar-refractivity contribution in [3.8, 4) is 33.2 Å². The molecule has 5 rings (SSSR count). The third-order valence-electron chi connectivity index (χ3n) is 5.09. The second-order valence-corrected chi connectivity index (χ2v) is 9.00. The summed E-state index contributed by atoms with van der Waals surface area (Å²) in [6.45, 7) is 4.31. The maximum absolute atomic E-state index is 14.4. The Hall–Kier alpha value is -3.09. The van der Waals surface area contributed by atoms with Gasteiger partial charge in [0.1, 0.15) is 16.5 Å². The molecule has 0 atom stereocenters.